The van der Waals surface area contributed by atoms with E-state index in [1.54, 1.807) is 51.2 Å². The Morgan fingerprint density at radius 2 is 1.97 bits per heavy atom. The number of amidine groups is 1. The van der Waals surface area contributed by atoms with Crippen molar-refractivity contribution >= 4 is 46.3 Å². The van der Waals surface area contributed by atoms with E-state index in [1.807, 2.05) is 6.07 Å². The Hall–Kier alpha value is -4.18. The molecule has 172 valence electrons. The molecule has 1 amide bonds. The van der Waals surface area contributed by atoms with Crippen molar-refractivity contribution in [1.82, 2.24) is 4.90 Å². The van der Waals surface area contributed by atoms with Crippen LogP contribution in [0.5, 0.6) is 0 Å². The lowest BCUT2D eigenvalue weighted by Gasteiger charge is -2.07. The third-order valence-electron chi connectivity index (χ3n) is 5.34. The van der Waals surface area contributed by atoms with Gasteiger partial charge in [-0.15, -0.1) is 0 Å². The number of carboxylic acids is 1. The molecule has 1 aliphatic heterocycles. The Balaban J connectivity index is 1.62. The highest BCUT2D eigenvalue weighted by Gasteiger charge is 2.31. The van der Waals surface area contributed by atoms with Gasteiger partial charge in [0.1, 0.15) is 11.5 Å². The van der Waals surface area contributed by atoms with Gasteiger partial charge in [0.05, 0.1) is 21.1 Å². The van der Waals surface area contributed by atoms with Crippen molar-refractivity contribution in [3.05, 3.63) is 86.0 Å². The van der Waals surface area contributed by atoms with Crippen molar-refractivity contribution in [2.75, 3.05) is 7.05 Å². The molecule has 10 heteroatoms. The van der Waals surface area contributed by atoms with Gasteiger partial charge in [-0.2, -0.15) is 0 Å². The summed E-state index contributed by atoms with van der Waals surface area (Å²) in [6, 6.07) is 12.8. The van der Waals surface area contributed by atoms with Crippen molar-refractivity contribution in [3.63, 3.8) is 0 Å². The van der Waals surface area contributed by atoms with E-state index in [-0.39, 0.29) is 17.2 Å². The second-order valence-electron chi connectivity index (χ2n) is 7.62. The number of nitro groups is 1. The van der Waals surface area contributed by atoms with Gasteiger partial charge in [-0.1, -0.05) is 6.07 Å². The fourth-order valence-corrected chi connectivity index (χ4v) is 4.32. The second-order valence-corrected chi connectivity index (χ2v) is 8.63. The van der Waals surface area contributed by atoms with E-state index in [2.05, 4.69) is 4.99 Å². The van der Waals surface area contributed by atoms with E-state index in [0.717, 1.165) is 17.3 Å². The summed E-state index contributed by atoms with van der Waals surface area (Å²) in [4.78, 5) is 41.0. The minimum Gasteiger partial charge on any atom is -0.478 e. The molecule has 1 aromatic heterocycles. The number of aliphatic imine (C=N–C) groups is 1. The molecule has 9 nitrogen and oxygen atoms in total. The van der Waals surface area contributed by atoms with Crippen LogP contribution in [0.2, 0.25) is 0 Å². The van der Waals surface area contributed by atoms with Gasteiger partial charge in [-0.3, -0.25) is 19.8 Å². The van der Waals surface area contributed by atoms with Crippen LogP contribution in [-0.2, 0) is 4.79 Å². The molecule has 4 rings (SSSR count). The van der Waals surface area contributed by atoms with Gasteiger partial charge in [0.15, 0.2) is 5.17 Å². The number of amides is 1. The lowest BCUT2D eigenvalue weighted by molar-refractivity contribution is -0.385. The third-order valence-corrected chi connectivity index (χ3v) is 6.40. The maximum Gasteiger partial charge on any atom is 0.335 e. The van der Waals surface area contributed by atoms with Gasteiger partial charge in [-0.25, -0.2) is 9.79 Å². The van der Waals surface area contributed by atoms with Gasteiger partial charge in [-0.05, 0) is 67.6 Å². The molecule has 3 aromatic rings. The molecule has 0 radical (unpaired) electrons. The van der Waals surface area contributed by atoms with Crippen LogP contribution in [-0.4, -0.2) is 39.0 Å². The average Bonchev–Trinajstić information content (AvgIpc) is 3.36. The number of nitro benzene ring substituents is 1. The first-order valence-corrected chi connectivity index (χ1v) is 10.9. The normalized spacial score (nSPS) is 16.0. The monoisotopic (exact) mass is 477 g/mol. The summed E-state index contributed by atoms with van der Waals surface area (Å²) < 4.78 is 5.85. The van der Waals surface area contributed by atoms with Crippen LogP contribution in [0.15, 0.2) is 62.8 Å². The SMILES string of the molecule is Cc1cc(-c2ccc(/C=C3/SC(=Nc4cccc(C(=O)O)c4)N(C)C3=O)o2)cc([N+](=O)[O-])c1C. The zero-order chi connectivity index (χ0) is 24.6. The van der Waals surface area contributed by atoms with Crippen LogP contribution >= 0.6 is 11.8 Å². The van der Waals surface area contributed by atoms with E-state index in [9.17, 15) is 19.7 Å². The maximum absolute atomic E-state index is 12.7. The Morgan fingerprint density at radius 1 is 1.21 bits per heavy atom. The van der Waals surface area contributed by atoms with Crippen LogP contribution in [0.4, 0.5) is 11.4 Å². The zero-order valence-corrected chi connectivity index (χ0v) is 19.3. The Kier molecular flexibility index (Phi) is 6.08. The summed E-state index contributed by atoms with van der Waals surface area (Å²) in [7, 11) is 1.58. The predicted octanol–water partition coefficient (Wildman–Crippen LogP) is 5.40. The molecule has 0 atom stereocenters. The number of thioether (sulfide) groups is 1. The number of carboxylic acid groups (broad SMARTS) is 1. The lowest BCUT2D eigenvalue weighted by atomic mass is 10.0. The lowest BCUT2D eigenvalue weighted by Crippen LogP contribution is -2.23. The summed E-state index contributed by atoms with van der Waals surface area (Å²) in [5, 5.41) is 20.9. The Labute approximate surface area is 198 Å². The number of benzene rings is 2. The van der Waals surface area contributed by atoms with Gasteiger partial charge >= 0.3 is 5.97 Å². The average molecular weight is 477 g/mol. The fourth-order valence-electron chi connectivity index (χ4n) is 3.36. The number of carbonyl (C=O) groups excluding carboxylic acids is 1. The maximum atomic E-state index is 12.7. The zero-order valence-electron chi connectivity index (χ0n) is 18.4. The molecule has 0 unspecified atom stereocenters. The molecule has 34 heavy (non-hydrogen) atoms. The number of likely N-dealkylation sites (N-methyl/N-ethyl adjacent to an activating group) is 1. The van der Waals surface area contributed by atoms with Crippen molar-refractivity contribution in [1.29, 1.82) is 0 Å². The highest BCUT2D eigenvalue weighted by atomic mass is 32.2. The molecule has 1 saturated heterocycles. The Morgan fingerprint density at radius 3 is 2.68 bits per heavy atom. The molecule has 0 spiro atoms. The minimum absolute atomic E-state index is 0.0160. The first-order valence-electron chi connectivity index (χ1n) is 10.1. The number of carbonyl (C=O) groups is 2. The minimum atomic E-state index is -1.06. The van der Waals surface area contributed by atoms with Crippen molar-refractivity contribution in [2.24, 2.45) is 4.99 Å². The number of hydrogen-bond acceptors (Lipinski definition) is 7. The molecule has 0 saturated carbocycles. The first kappa shape index (κ1) is 23.0. The standard InChI is InChI=1S/C24H19N3O6S/c1-13-9-16(11-19(14(13)2)27(31)32)20-8-7-18(33-20)12-21-22(28)26(3)24(34-21)25-17-6-4-5-15(10-17)23(29)30/h4-12H,1-3H3,(H,29,30)/b21-12+,25-24?. The largest absolute Gasteiger partial charge is 0.478 e. The van der Waals surface area contributed by atoms with E-state index < -0.39 is 10.9 Å². The van der Waals surface area contributed by atoms with Crippen molar-refractivity contribution < 1.29 is 24.0 Å². The van der Waals surface area contributed by atoms with Crippen LogP contribution in [0, 0.1) is 24.0 Å². The molecular weight excluding hydrogens is 458 g/mol. The van der Waals surface area contributed by atoms with Crippen LogP contribution < -0.4 is 0 Å². The third kappa shape index (κ3) is 4.48. The second kappa shape index (κ2) is 8.99. The number of rotatable bonds is 5. The van der Waals surface area contributed by atoms with Crippen LogP contribution in [0.1, 0.15) is 27.2 Å². The number of aromatic carboxylic acids is 1. The number of hydrogen-bond donors (Lipinski definition) is 1. The summed E-state index contributed by atoms with van der Waals surface area (Å²) in [6.45, 7) is 3.50. The summed E-state index contributed by atoms with van der Waals surface area (Å²) in [5.41, 5.74) is 2.48. The molecule has 0 aliphatic carbocycles. The molecule has 2 aromatic carbocycles. The molecule has 1 fully saturated rings. The van der Waals surface area contributed by atoms with E-state index in [0.29, 0.717) is 38.4 Å². The summed E-state index contributed by atoms with van der Waals surface area (Å²) in [6.07, 6.45) is 1.58. The first-order chi connectivity index (χ1) is 16.1. The number of furan rings is 1. The van der Waals surface area contributed by atoms with E-state index in [1.165, 1.54) is 23.1 Å². The molecule has 1 N–H and O–H groups in total. The summed E-state index contributed by atoms with van der Waals surface area (Å²) in [5.74, 6) is -0.484. The molecule has 1 aliphatic rings. The van der Waals surface area contributed by atoms with Crippen LogP contribution in [0.25, 0.3) is 17.4 Å². The highest BCUT2D eigenvalue weighted by Crippen LogP contribution is 2.35. The summed E-state index contributed by atoms with van der Waals surface area (Å²) >= 11 is 1.14. The quantitative estimate of drug-likeness (QED) is 0.296. The number of nitrogens with zero attached hydrogens (tertiary/aromatic N) is 3. The fraction of sp³-hybridized carbons (Fsp3) is 0.125. The number of aryl methyl sites for hydroxylation is 1. The molecular formula is C24H19N3O6S. The van der Waals surface area contributed by atoms with Crippen LogP contribution in [0.3, 0.4) is 0 Å². The van der Waals surface area contributed by atoms with E-state index >= 15 is 0 Å². The predicted molar refractivity (Wildman–Crippen MR) is 129 cm³/mol. The smallest absolute Gasteiger partial charge is 0.335 e. The van der Waals surface area contributed by atoms with Crippen molar-refractivity contribution in [2.45, 2.75) is 13.8 Å². The Bertz CT molecular complexity index is 1410. The molecule has 0 bridgehead atoms. The van der Waals surface area contributed by atoms with E-state index in [4.69, 9.17) is 9.52 Å². The van der Waals surface area contributed by atoms with Gasteiger partial charge in [0.2, 0.25) is 0 Å². The topological polar surface area (TPSA) is 126 Å². The highest BCUT2D eigenvalue weighted by molar-refractivity contribution is 8.18. The van der Waals surface area contributed by atoms with Gasteiger partial charge in [0, 0.05) is 30.3 Å². The van der Waals surface area contributed by atoms with Crippen molar-refractivity contribution in [3.8, 4) is 11.3 Å². The molecule has 2 heterocycles. The van der Waals surface area contributed by atoms with Gasteiger partial charge < -0.3 is 9.52 Å². The van der Waals surface area contributed by atoms with Gasteiger partial charge in [0.25, 0.3) is 11.6 Å².